The average Bonchev–Trinajstić information content (AvgIpc) is 3.08. The van der Waals surface area contributed by atoms with Gasteiger partial charge in [0.05, 0.1) is 13.3 Å². The van der Waals surface area contributed by atoms with Gasteiger partial charge in [-0.25, -0.2) is 19.9 Å². The van der Waals surface area contributed by atoms with Gasteiger partial charge in [-0.15, -0.1) is 0 Å². The molecule has 7 heteroatoms. The summed E-state index contributed by atoms with van der Waals surface area (Å²) >= 11 is 0. The molecule has 0 aliphatic heterocycles. The molecule has 0 saturated heterocycles. The van der Waals surface area contributed by atoms with Crippen LogP contribution in [0.3, 0.4) is 0 Å². The number of anilines is 1. The average molecular weight is 282 g/mol. The maximum atomic E-state index is 5.22. The maximum absolute atomic E-state index is 5.22. The number of rotatable bonds is 5. The molecule has 21 heavy (non-hydrogen) atoms. The molecule has 1 N–H and O–H groups in total. The highest BCUT2D eigenvalue weighted by Gasteiger charge is 2.08. The fourth-order valence-electron chi connectivity index (χ4n) is 1.96. The van der Waals surface area contributed by atoms with E-state index in [4.69, 9.17) is 4.74 Å². The smallest absolute Gasteiger partial charge is 0.179 e. The molecule has 0 bridgehead atoms. The van der Waals surface area contributed by atoms with Crippen LogP contribution >= 0.6 is 0 Å². The van der Waals surface area contributed by atoms with Gasteiger partial charge in [0.2, 0.25) is 0 Å². The van der Waals surface area contributed by atoms with Gasteiger partial charge < -0.3 is 10.1 Å². The first-order valence-electron chi connectivity index (χ1n) is 6.38. The molecule has 3 rings (SSSR count). The van der Waals surface area contributed by atoms with Gasteiger partial charge in [-0.05, 0) is 6.07 Å². The number of aromatic nitrogens is 5. The van der Waals surface area contributed by atoms with E-state index in [2.05, 4.69) is 25.3 Å². The van der Waals surface area contributed by atoms with Crippen LogP contribution in [0.15, 0.2) is 49.6 Å². The largest absolute Gasteiger partial charge is 0.491 e. The zero-order chi connectivity index (χ0) is 14.5. The van der Waals surface area contributed by atoms with Crippen molar-refractivity contribution in [3.05, 3.63) is 55.1 Å². The number of nitrogens with one attached hydrogen (secondary N) is 1. The molecule has 0 spiro atoms. The van der Waals surface area contributed by atoms with E-state index in [1.54, 1.807) is 32.0 Å². The van der Waals surface area contributed by atoms with Gasteiger partial charge in [-0.2, -0.15) is 0 Å². The Morgan fingerprint density at radius 2 is 2.19 bits per heavy atom. The Hall–Kier alpha value is -2.96. The van der Waals surface area contributed by atoms with Crippen LogP contribution in [-0.2, 0) is 6.54 Å². The summed E-state index contributed by atoms with van der Waals surface area (Å²) in [5, 5.41) is 3.23. The van der Waals surface area contributed by atoms with Crippen molar-refractivity contribution in [2.75, 3.05) is 12.4 Å². The fourth-order valence-corrected chi connectivity index (χ4v) is 1.96. The summed E-state index contributed by atoms with van der Waals surface area (Å²) in [4.78, 5) is 16.5. The molecule has 0 aliphatic carbocycles. The molecular weight excluding hydrogens is 268 g/mol. The third-order valence-corrected chi connectivity index (χ3v) is 2.96. The number of hydrogen-bond donors (Lipinski definition) is 1. The van der Waals surface area contributed by atoms with Crippen molar-refractivity contribution in [2.24, 2.45) is 0 Å². The molecule has 0 amide bonds. The van der Waals surface area contributed by atoms with E-state index in [1.165, 1.54) is 6.33 Å². The van der Waals surface area contributed by atoms with E-state index in [0.717, 1.165) is 11.4 Å². The SMILES string of the molecule is COc1cncnc1NCc1cccnc1-n1ccnc1. The number of pyridine rings is 1. The second kappa shape index (κ2) is 6.00. The first-order valence-corrected chi connectivity index (χ1v) is 6.38. The highest BCUT2D eigenvalue weighted by atomic mass is 16.5. The number of hydrogen-bond acceptors (Lipinski definition) is 6. The van der Waals surface area contributed by atoms with Gasteiger partial charge >= 0.3 is 0 Å². The lowest BCUT2D eigenvalue weighted by Crippen LogP contribution is -2.08. The summed E-state index contributed by atoms with van der Waals surface area (Å²) in [5.74, 6) is 2.08. The summed E-state index contributed by atoms with van der Waals surface area (Å²) in [6.07, 6.45) is 10.2. The van der Waals surface area contributed by atoms with Gasteiger partial charge in [0.1, 0.15) is 18.5 Å². The Morgan fingerprint density at radius 1 is 1.24 bits per heavy atom. The summed E-state index contributed by atoms with van der Waals surface area (Å²) in [6, 6.07) is 3.90. The van der Waals surface area contributed by atoms with Crippen LogP contribution in [-0.4, -0.2) is 31.6 Å². The molecule has 0 fully saturated rings. The minimum atomic E-state index is 0.564. The van der Waals surface area contributed by atoms with Crippen LogP contribution in [0.1, 0.15) is 5.56 Å². The van der Waals surface area contributed by atoms with Gasteiger partial charge in [0, 0.05) is 30.7 Å². The van der Waals surface area contributed by atoms with Crippen molar-refractivity contribution in [3.8, 4) is 11.6 Å². The van der Waals surface area contributed by atoms with Crippen LogP contribution in [0.25, 0.3) is 5.82 Å². The third kappa shape index (κ3) is 2.81. The molecule has 0 aromatic carbocycles. The number of ether oxygens (including phenoxy) is 1. The first-order chi connectivity index (χ1) is 10.4. The van der Waals surface area contributed by atoms with Crippen LogP contribution in [0, 0.1) is 0 Å². The maximum Gasteiger partial charge on any atom is 0.179 e. The third-order valence-electron chi connectivity index (χ3n) is 2.96. The van der Waals surface area contributed by atoms with Crippen molar-refractivity contribution in [2.45, 2.75) is 6.54 Å². The van der Waals surface area contributed by atoms with Crippen molar-refractivity contribution in [1.82, 2.24) is 24.5 Å². The Morgan fingerprint density at radius 3 is 3.00 bits per heavy atom. The Balaban J connectivity index is 1.83. The highest BCUT2D eigenvalue weighted by molar-refractivity contribution is 5.49. The highest BCUT2D eigenvalue weighted by Crippen LogP contribution is 2.20. The predicted molar refractivity (Wildman–Crippen MR) is 77.3 cm³/mol. The molecule has 106 valence electrons. The lowest BCUT2D eigenvalue weighted by molar-refractivity contribution is 0.412. The molecule has 0 radical (unpaired) electrons. The van der Waals surface area contributed by atoms with Crippen LogP contribution in [0.4, 0.5) is 5.82 Å². The molecule has 0 atom stereocenters. The van der Waals surface area contributed by atoms with Crippen LogP contribution in [0.5, 0.6) is 5.75 Å². The molecule has 0 unspecified atom stereocenters. The molecule has 3 heterocycles. The van der Waals surface area contributed by atoms with Gasteiger partial charge in [0.25, 0.3) is 0 Å². The molecule has 3 aromatic rings. The monoisotopic (exact) mass is 282 g/mol. The quantitative estimate of drug-likeness (QED) is 0.767. The van der Waals surface area contributed by atoms with Crippen LogP contribution < -0.4 is 10.1 Å². The number of imidazole rings is 1. The zero-order valence-electron chi connectivity index (χ0n) is 11.5. The lowest BCUT2D eigenvalue weighted by atomic mass is 10.2. The molecular formula is C14H14N6O. The Bertz CT molecular complexity index is 713. The standard InChI is InChI=1S/C14H14N6O/c1-21-12-8-16-9-19-13(12)18-7-11-3-2-4-17-14(11)20-6-5-15-10-20/h2-6,8-10H,7H2,1H3,(H,16,18,19). The number of nitrogens with zero attached hydrogens (tertiary/aromatic N) is 5. The van der Waals surface area contributed by atoms with Crippen molar-refractivity contribution >= 4 is 5.82 Å². The fraction of sp³-hybridized carbons (Fsp3) is 0.143. The Labute approximate surface area is 121 Å². The van der Waals surface area contributed by atoms with Gasteiger partial charge in [-0.1, -0.05) is 6.07 Å². The van der Waals surface area contributed by atoms with E-state index in [0.29, 0.717) is 18.1 Å². The first kappa shape index (κ1) is 13.0. The summed E-state index contributed by atoms with van der Waals surface area (Å²) < 4.78 is 7.09. The van der Waals surface area contributed by atoms with E-state index in [-0.39, 0.29) is 0 Å². The van der Waals surface area contributed by atoms with Gasteiger partial charge in [0.15, 0.2) is 11.6 Å². The topological polar surface area (TPSA) is 77.8 Å². The lowest BCUT2D eigenvalue weighted by Gasteiger charge is -2.12. The molecule has 0 saturated carbocycles. The van der Waals surface area contributed by atoms with Crippen molar-refractivity contribution in [1.29, 1.82) is 0 Å². The van der Waals surface area contributed by atoms with Crippen molar-refractivity contribution in [3.63, 3.8) is 0 Å². The van der Waals surface area contributed by atoms with Gasteiger partial charge in [-0.3, -0.25) is 4.57 Å². The van der Waals surface area contributed by atoms with E-state index in [9.17, 15) is 0 Å². The van der Waals surface area contributed by atoms with Crippen LogP contribution in [0.2, 0.25) is 0 Å². The van der Waals surface area contributed by atoms with Crippen molar-refractivity contribution < 1.29 is 4.74 Å². The number of methoxy groups -OCH3 is 1. The zero-order valence-corrected chi connectivity index (χ0v) is 11.5. The summed E-state index contributed by atoms with van der Waals surface area (Å²) in [7, 11) is 1.59. The second-order valence-electron chi connectivity index (χ2n) is 4.25. The second-order valence-corrected chi connectivity index (χ2v) is 4.25. The summed E-state index contributed by atoms with van der Waals surface area (Å²) in [5.41, 5.74) is 1.02. The normalized spacial score (nSPS) is 10.3. The predicted octanol–water partition coefficient (Wildman–Crippen LogP) is 1.68. The molecule has 7 nitrogen and oxygen atoms in total. The van der Waals surface area contributed by atoms with E-state index in [1.807, 2.05) is 22.9 Å². The Kier molecular flexibility index (Phi) is 3.72. The minimum Gasteiger partial charge on any atom is -0.491 e. The molecule has 0 aliphatic rings. The molecule has 3 aromatic heterocycles. The van der Waals surface area contributed by atoms with E-state index >= 15 is 0 Å². The van der Waals surface area contributed by atoms with E-state index < -0.39 is 0 Å². The summed E-state index contributed by atoms with van der Waals surface area (Å²) in [6.45, 7) is 0.564. The minimum absolute atomic E-state index is 0.564.